The van der Waals surface area contributed by atoms with Gasteiger partial charge >= 0.3 is 5.97 Å². The molecule has 1 saturated heterocycles. The normalized spacial score (nSPS) is 26.1. The SMILES string of the molecule is CC1CN(Cc2ccc(Cl)s2)CC1C(=O)O. The van der Waals surface area contributed by atoms with E-state index >= 15 is 0 Å². The summed E-state index contributed by atoms with van der Waals surface area (Å²) in [6.45, 7) is 4.31. The highest BCUT2D eigenvalue weighted by Gasteiger charge is 2.34. The molecule has 0 spiro atoms. The number of thiophene rings is 1. The molecule has 2 unspecified atom stereocenters. The Kier molecular flexibility index (Phi) is 3.52. The topological polar surface area (TPSA) is 40.5 Å². The lowest BCUT2D eigenvalue weighted by molar-refractivity contribution is -0.142. The fourth-order valence-corrected chi connectivity index (χ4v) is 3.30. The zero-order chi connectivity index (χ0) is 11.7. The molecule has 0 amide bonds. The monoisotopic (exact) mass is 259 g/mol. The summed E-state index contributed by atoms with van der Waals surface area (Å²) in [5.41, 5.74) is 0. The molecule has 0 radical (unpaired) electrons. The molecule has 1 aliphatic heterocycles. The third-order valence-electron chi connectivity index (χ3n) is 3.01. The first-order valence-electron chi connectivity index (χ1n) is 5.25. The Labute approximate surface area is 104 Å². The Morgan fingerprint density at radius 1 is 1.62 bits per heavy atom. The summed E-state index contributed by atoms with van der Waals surface area (Å²) in [7, 11) is 0. The van der Waals surface area contributed by atoms with E-state index in [2.05, 4.69) is 4.90 Å². The highest BCUT2D eigenvalue weighted by molar-refractivity contribution is 7.16. The lowest BCUT2D eigenvalue weighted by Gasteiger charge is -2.13. The van der Waals surface area contributed by atoms with Crippen molar-refractivity contribution in [3.8, 4) is 0 Å². The summed E-state index contributed by atoms with van der Waals surface area (Å²) in [4.78, 5) is 14.4. The van der Waals surface area contributed by atoms with Crippen LogP contribution >= 0.6 is 22.9 Å². The van der Waals surface area contributed by atoms with Crippen molar-refractivity contribution in [2.24, 2.45) is 11.8 Å². The second-order valence-electron chi connectivity index (χ2n) is 4.32. The number of halogens is 1. The van der Waals surface area contributed by atoms with Crippen LogP contribution in [-0.2, 0) is 11.3 Å². The second kappa shape index (κ2) is 4.73. The quantitative estimate of drug-likeness (QED) is 0.907. The smallest absolute Gasteiger partial charge is 0.308 e. The van der Waals surface area contributed by atoms with E-state index in [1.165, 1.54) is 4.88 Å². The van der Waals surface area contributed by atoms with Gasteiger partial charge in [-0.25, -0.2) is 0 Å². The number of carboxylic acids is 1. The number of carboxylic acid groups (broad SMARTS) is 1. The van der Waals surface area contributed by atoms with Crippen molar-refractivity contribution < 1.29 is 9.90 Å². The van der Waals surface area contributed by atoms with Gasteiger partial charge in [-0.2, -0.15) is 0 Å². The van der Waals surface area contributed by atoms with E-state index in [9.17, 15) is 4.79 Å². The molecular formula is C11H14ClNO2S. The van der Waals surface area contributed by atoms with Crippen LogP contribution < -0.4 is 0 Å². The average Bonchev–Trinajstić information content (AvgIpc) is 2.73. The van der Waals surface area contributed by atoms with E-state index in [1.807, 2.05) is 19.1 Å². The molecule has 16 heavy (non-hydrogen) atoms. The molecule has 1 aliphatic rings. The van der Waals surface area contributed by atoms with Crippen molar-refractivity contribution in [2.75, 3.05) is 13.1 Å². The minimum absolute atomic E-state index is 0.226. The number of rotatable bonds is 3. The Balaban J connectivity index is 1.96. The molecule has 0 aliphatic carbocycles. The molecule has 2 rings (SSSR count). The predicted octanol–water partition coefficient (Wildman–Crippen LogP) is 2.55. The Morgan fingerprint density at radius 2 is 2.38 bits per heavy atom. The van der Waals surface area contributed by atoms with Crippen molar-refractivity contribution in [3.63, 3.8) is 0 Å². The van der Waals surface area contributed by atoms with Gasteiger partial charge in [0.05, 0.1) is 10.3 Å². The molecule has 1 N–H and O–H groups in total. The standard InChI is InChI=1S/C11H14ClNO2S/c1-7-4-13(6-9(7)11(14)15)5-8-2-3-10(12)16-8/h2-3,7,9H,4-6H2,1H3,(H,14,15). The molecule has 2 atom stereocenters. The highest BCUT2D eigenvalue weighted by atomic mass is 35.5. The summed E-state index contributed by atoms with van der Waals surface area (Å²) < 4.78 is 0.789. The first kappa shape index (κ1) is 11.9. The Morgan fingerprint density at radius 3 is 2.88 bits per heavy atom. The number of aliphatic carboxylic acids is 1. The van der Waals surface area contributed by atoms with Crippen LogP contribution in [0.3, 0.4) is 0 Å². The maximum Gasteiger partial charge on any atom is 0.308 e. The first-order chi connectivity index (χ1) is 7.56. The Hall–Kier alpha value is -0.580. The maximum absolute atomic E-state index is 11.0. The van der Waals surface area contributed by atoms with Crippen LogP contribution in [0.5, 0.6) is 0 Å². The molecule has 2 heterocycles. The van der Waals surface area contributed by atoms with Gasteiger partial charge in [-0.1, -0.05) is 18.5 Å². The number of hydrogen-bond acceptors (Lipinski definition) is 3. The molecule has 0 saturated carbocycles. The first-order valence-corrected chi connectivity index (χ1v) is 6.45. The van der Waals surface area contributed by atoms with Crippen molar-refractivity contribution in [1.29, 1.82) is 0 Å². The van der Waals surface area contributed by atoms with Crippen molar-refractivity contribution in [2.45, 2.75) is 13.5 Å². The minimum atomic E-state index is -0.681. The highest BCUT2D eigenvalue weighted by Crippen LogP contribution is 2.28. The minimum Gasteiger partial charge on any atom is -0.481 e. The van der Waals surface area contributed by atoms with Gasteiger partial charge in [0.15, 0.2) is 0 Å². The predicted molar refractivity (Wildman–Crippen MR) is 64.9 cm³/mol. The summed E-state index contributed by atoms with van der Waals surface area (Å²) >= 11 is 7.42. The van der Waals surface area contributed by atoms with Crippen LogP contribution in [0, 0.1) is 11.8 Å². The summed E-state index contributed by atoms with van der Waals surface area (Å²) in [5.74, 6) is -0.678. The number of hydrogen-bond donors (Lipinski definition) is 1. The van der Waals surface area contributed by atoms with Gasteiger partial charge in [0.1, 0.15) is 0 Å². The number of likely N-dealkylation sites (tertiary alicyclic amines) is 1. The molecule has 1 fully saturated rings. The van der Waals surface area contributed by atoms with E-state index in [0.29, 0.717) is 6.54 Å². The second-order valence-corrected chi connectivity index (χ2v) is 6.12. The van der Waals surface area contributed by atoms with Crippen LogP contribution in [-0.4, -0.2) is 29.1 Å². The van der Waals surface area contributed by atoms with Gasteiger partial charge in [0.25, 0.3) is 0 Å². The molecule has 0 bridgehead atoms. The molecule has 0 aromatic carbocycles. The van der Waals surface area contributed by atoms with Crippen molar-refractivity contribution >= 4 is 28.9 Å². The third-order valence-corrected chi connectivity index (χ3v) is 4.23. The largest absolute Gasteiger partial charge is 0.481 e. The lowest BCUT2D eigenvalue weighted by atomic mass is 9.99. The van der Waals surface area contributed by atoms with E-state index in [0.717, 1.165) is 17.4 Å². The molecular weight excluding hydrogens is 246 g/mol. The van der Waals surface area contributed by atoms with Crippen molar-refractivity contribution in [1.82, 2.24) is 4.90 Å². The van der Waals surface area contributed by atoms with Gasteiger partial charge in [0.2, 0.25) is 0 Å². The molecule has 88 valence electrons. The van der Waals surface area contributed by atoms with Gasteiger partial charge in [-0.05, 0) is 18.1 Å². The van der Waals surface area contributed by atoms with E-state index < -0.39 is 5.97 Å². The van der Waals surface area contributed by atoms with E-state index in [4.69, 9.17) is 16.7 Å². The van der Waals surface area contributed by atoms with Gasteiger partial charge < -0.3 is 5.11 Å². The van der Waals surface area contributed by atoms with Gasteiger partial charge in [0, 0.05) is 24.5 Å². The van der Waals surface area contributed by atoms with Crippen LogP contribution in [0.2, 0.25) is 4.34 Å². The molecule has 1 aromatic rings. The summed E-state index contributed by atoms with van der Waals surface area (Å²) in [5, 5.41) is 9.03. The van der Waals surface area contributed by atoms with Crippen molar-refractivity contribution in [3.05, 3.63) is 21.3 Å². The van der Waals surface area contributed by atoms with Gasteiger partial charge in [-0.15, -0.1) is 11.3 Å². The Bertz CT molecular complexity index is 393. The van der Waals surface area contributed by atoms with E-state index in [1.54, 1.807) is 11.3 Å². The zero-order valence-electron chi connectivity index (χ0n) is 9.02. The van der Waals surface area contributed by atoms with Crippen LogP contribution in [0.15, 0.2) is 12.1 Å². The van der Waals surface area contributed by atoms with Gasteiger partial charge in [-0.3, -0.25) is 9.69 Å². The number of carbonyl (C=O) groups is 1. The molecule has 1 aromatic heterocycles. The fourth-order valence-electron chi connectivity index (χ4n) is 2.17. The summed E-state index contributed by atoms with van der Waals surface area (Å²) in [6, 6.07) is 3.89. The van der Waals surface area contributed by atoms with Crippen LogP contribution in [0.4, 0.5) is 0 Å². The summed E-state index contributed by atoms with van der Waals surface area (Å²) in [6.07, 6.45) is 0. The van der Waals surface area contributed by atoms with Crippen LogP contribution in [0.25, 0.3) is 0 Å². The van der Waals surface area contributed by atoms with Crippen LogP contribution in [0.1, 0.15) is 11.8 Å². The zero-order valence-corrected chi connectivity index (χ0v) is 10.6. The molecule has 3 nitrogen and oxygen atoms in total. The third kappa shape index (κ3) is 2.56. The molecule has 5 heteroatoms. The number of nitrogens with zero attached hydrogens (tertiary/aromatic N) is 1. The fraction of sp³-hybridized carbons (Fsp3) is 0.545. The lowest BCUT2D eigenvalue weighted by Crippen LogP contribution is -2.22. The van der Waals surface area contributed by atoms with E-state index in [-0.39, 0.29) is 11.8 Å². The maximum atomic E-state index is 11.0. The average molecular weight is 260 g/mol.